The van der Waals surface area contributed by atoms with Crippen LogP contribution >= 0.6 is 15.9 Å². The van der Waals surface area contributed by atoms with Crippen LogP contribution in [0, 0.1) is 0 Å². The molecule has 1 N–H and O–H groups in total. The Kier molecular flexibility index (Phi) is 3.90. The normalized spacial score (nSPS) is 12.3. The van der Waals surface area contributed by atoms with Crippen LogP contribution in [-0.4, -0.2) is 17.2 Å². The maximum absolute atomic E-state index is 10.6. The van der Waals surface area contributed by atoms with E-state index in [0.717, 1.165) is 32.3 Å². The highest BCUT2D eigenvalue weighted by molar-refractivity contribution is 9.10. The van der Waals surface area contributed by atoms with Crippen LogP contribution in [0.4, 0.5) is 0 Å². The number of pyridine rings is 1. The average molecular weight is 344 g/mol. The van der Waals surface area contributed by atoms with Crippen molar-refractivity contribution in [1.82, 2.24) is 4.98 Å². The molecular formula is C17H14BrNO2. The Morgan fingerprint density at radius 1 is 1.14 bits per heavy atom. The highest BCUT2D eigenvalue weighted by Crippen LogP contribution is 2.32. The third-order valence-electron chi connectivity index (χ3n) is 3.44. The molecule has 2 aromatic carbocycles. The molecule has 0 radical (unpaired) electrons. The average Bonchev–Trinajstić information content (AvgIpc) is 2.54. The van der Waals surface area contributed by atoms with E-state index in [1.807, 2.05) is 48.5 Å². The number of nitrogens with zero attached hydrogens (tertiary/aromatic N) is 1. The number of hydrogen-bond donors (Lipinski definition) is 1. The number of fused-ring (bicyclic) bond motifs is 1. The summed E-state index contributed by atoms with van der Waals surface area (Å²) in [6.45, 7) is 0. The number of benzene rings is 2. The van der Waals surface area contributed by atoms with Gasteiger partial charge in [-0.25, -0.2) is 0 Å². The minimum absolute atomic E-state index is 0.717. The molecule has 106 valence electrons. The van der Waals surface area contributed by atoms with Crippen molar-refractivity contribution in [1.29, 1.82) is 0 Å². The molecule has 0 aliphatic rings. The van der Waals surface area contributed by atoms with E-state index in [0.29, 0.717) is 0 Å². The van der Waals surface area contributed by atoms with Crippen LogP contribution in [0.15, 0.2) is 59.2 Å². The van der Waals surface area contributed by atoms with Gasteiger partial charge in [0.2, 0.25) is 0 Å². The lowest BCUT2D eigenvalue weighted by molar-refractivity contribution is 0.219. The highest BCUT2D eigenvalue weighted by Gasteiger charge is 2.15. The fraction of sp³-hybridized carbons (Fsp3) is 0.118. The Hall–Kier alpha value is -1.91. The van der Waals surface area contributed by atoms with E-state index in [1.54, 1.807) is 13.3 Å². The molecule has 4 heteroatoms. The van der Waals surface area contributed by atoms with Gasteiger partial charge in [0.15, 0.2) is 0 Å². The summed E-state index contributed by atoms with van der Waals surface area (Å²) in [6.07, 6.45) is 1.04. The van der Waals surface area contributed by atoms with Crippen molar-refractivity contribution in [2.45, 2.75) is 6.10 Å². The molecule has 3 nitrogen and oxygen atoms in total. The fourth-order valence-electron chi connectivity index (χ4n) is 2.30. The number of aromatic nitrogens is 1. The summed E-state index contributed by atoms with van der Waals surface area (Å²) in [5.74, 6) is 0.717. The topological polar surface area (TPSA) is 42.4 Å². The molecule has 3 aromatic rings. The first-order valence-electron chi connectivity index (χ1n) is 6.55. The van der Waals surface area contributed by atoms with Gasteiger partial charge in [-0.3, -0.25) is 4.98 Å². The number of hydrogen-bond acceptors (Lipinski definition) is 3. The van der Waals surface area contributed by atoms with Gasteiger partial charge in [0.1, 0.15) is 11.9 Å². The monoisotopic (exact) mass is 343 g/mol. The highest BCUT2D eigenvalue weighted by atomic mass is 79.9. The van der Waals surface area contributed by atoms with Crippen molar-refractivity contribution in [2.24, 2.45) is 0 Å². The van der Waals surface area contributed by atoms with Crippen LogP contribution in [0.3, 0.4) is 0 Å². The minimum Gasteiger partial charge on any atom is -0.497 e. The van der Waals surface area contributed by atoms with Gasteiger partial charge >= 0.3 is 0 Å². The predicted octanol–water partition coefficient (Wildman–Crippen LogP) is 4.09. The maximum Gasteiger partial charge on any atom is 0.119 e. The summed E-state index contributed by atoms with van der Waals surface area (Å²) in [5, 5.41) is 11.7. The molecule has 1 heterocycles. The summed E-state index contributed by atoms with van der Waals surface area (Å²) in [4.78, 5) is 4.29. The van der Waals surface area contributed by atoms with Crippen molar-refractivity contribution in [2.75, 3.05) is 7.11 Å². The Morgan fingerprint density at radius 2 is 2.00 bits per heavy atom. The van der Waals surface area contributed by atoms with Crippen LogP contribution in [0.25, 0.3) is 10.9 Å². The second-order valence-electron chi connectivity index (χ2n) is 4.75. The molecule has 0 aliphatic heterocycles. The van der Waals surface area contributed by atoms with Crippen LogP contribution < -0.4 is 4.74 Å². The fourth-order valence-corrected chi connectivity index (χ4v) is 2.77. The van der Waals surface area contributed by atoms with Crippen molar-refractivity contribution in [3.63, 3.8) is 0 Å². The van der Waals surface area contributed by atoms with E-state index in [9.17, 15) is 5.11 Å². The molecular weight excluding hydrogens is 330 g/mol. The van der Waals surface area contributed by atoms with E-state index >= 15 is 0 Å². The van der Waals surface area contributed by atoms with Gasteiger partial charge < -0.3 is 9.84 Å². The second-order valence-corrected chi connectivity index (χ2v) is 5.60. The summed E-state index contributed by atoms with van der Waals surface area (Å²) in [5.41, 5.74) is 2.51. The Balaban J connectivity index is 2.05. The molecule has 0 saturated carbocycles. The van der Waals surface area contributed by atoms with E-state index in [2.05, 4.69) is 20.9 Å². The first-order chi connectivity index (χ1) is 10.2. The smallest absolute Gasteiger partial charge is 0.119 e. The van der Waals surface area contributed by atoms with Gasteiger partial charge in [-0.1, -0.05) is 28.1 Å². The lowest BCUT2D eigenvalue weighted by atomic mass is 10.00. The van der Waals surface area contributed by atoms with Gasteiger partial charge in [-0.05, 0) is 42.0 Å². The second kappa shape index (κ2) is 5.84. The largest absolute Gasteiger partial charge is 0.497 e. The molecule has 0 aliphatic carbocycles. The Bertz CT molecular complexity index is 789. The number of aliphatic hydroxyl groups excluding tert-OH is 1. The van der Waals surface area contributed by atoms with Crippen LogP contribution in [0.1, 0.15) is 17.2 Å². The van der Waals surface area contributed by atoms with E-state index in [-0.39, 0.29) is 0 Å². The summed E-state index contributed by atoms with van der Waals surface area (Å²) in [7, 11) is 1.61. The van der Waals surface area contributed by atoms with Gasteiger partial charge in [-0.15, -0.1) is 0 Å². The van der Waals surface area contributed by atoms with Crippen LogP contribution in [0.2, 0.25) is 0 Å². The third kappa shape index (κ3) is 2.77. The van der Waals surface area contributed by atoms with Crippen molar-refractivity contribution >= 4 is 26.8 Å². The van der Waals surface area contributed by atoms with Crippen LogP contribution in [0.5, 0.6) is 5.75 Å². The lowest BCUT2D eigenvalue weighted by Gasteiger charge is -2.15. The van der Waals surface area contributed by atoms with Gasteiger partial charge in [-0.2, -0.15) is 0 Å². The van der Waals surface area contributed by atoms with Gasteiger partial charge in [0.05, 0.1) is 12.6 Å². The standard InChI is InChI=1S/C17H14BrNO2/c1-21-13-5-6-15(18)14(10-13)17(20)12-4-7-16-11(9-12)3-2-8-19-16/h2-10,17,20H,1H3. The summed E-state index contributed by atoms with van der Waals surface area (Å²) >= 11 is 3.48. The first kappa shape index (κ1) is 14.0. The van der Waals surface area contributed by atoms with Crippen molar-refractivity contribution < 1.29 is 9.84 Å². The van der Waals surface area contributed by atoms with Gasteiger partial charge in [0.25, 0.3) is 0 Å². The molecule has 0 amide bonds. The maximum atomic E-state index is 10.6. The molecule has 0 spiro atoms. The Morgan fingerprint density at radius 3 is 2.81 bits per heavy atom. The molecule has 0 bridgehead atoms. The zero-order valence-electron chi connectivity index (χ0n) is 11.5. The molecule has 1 unspecified atom stereocenters. The molecule has 21 heavy (non-hydrogen) atoms. The molecule has 1 aromatic heterocycles. The summed E-state index contributed by atoms with van der Waals surface area (Å²) in [6, 6.07) is 15.2. The van der Waals surface area contributed by atoms with E-state index in [4.69, 9.17) is 4.74 Å². The zero-order valence-corrected chi connectivity index (χ0v) is 13.0. The van der Waals surface area contributed by atoms with E-state index in [1.165, 1.54) is 0 Å². The molecule has 1 atom stereocenters. The number of halogens is 1. The molecule has 0 fully saturated rings. The SMILES string of the molecule is COc1ccc(Br)c(C(O)c2ccc3ncccc3c2)c1. The minimum atomic E-state index is -0.723. The predicted molar refractivity (Wildman–Crippen MR) is 86.5 cm³/mol. The number of methoxy groups -OCH3 is 1. The number of aliphatic hydroxyl groups is 1. The zero-order chi connectivity index (χ0) is 14.8. The quantitative estimate of drug-likeness (QED) is 0.778. The molecule has 3 rings (SSSR count). The lowest BCUT2D eigenvalue weighted by Crippen LogP contribution is -2.01. The van der Waals surface area contributed by atoms with Gasteiger partial charge in [0, 0.05) is 21.6 Å². The number of ether oxygens (including phenoxy) is 1. The Labute approximate surface area is 131 Å². The van der Waals surface area contributed by atoms with Crippen LogP contribution in [-0.2, 0) is 0 Å². The number of rotatable bonds is 3. The van der Waals surface area contributed by atoms with E-state index < -0.39 is 6.10 Å². The summed E-state index contributed by atoms with van der Waals surface area (Å²) < 4.78 is 6.07. The first-order valence-corrected chi connectivity index (χ1v) is 7.34. The molecule has 0 saturated heterocycles. The van der Waals surface area contributed by atoms with Crippen molar-refractivity contribution in [3.05, 3.63) is 70.3 Å². The third-order valence-corrected chi connectivity index (χ3v) is 4.16. The van der Waals surface area contributed by atoms with Crippen molar-refractivity contribution in [3.8, 4) is 5.75 Å².